The number of nitrogens with one attached hydrogen (secondary N) is 1. The number of aromatic nitrogens is 2. The average Bonchev–Trinajstić information content (AvgIpc) is 2.87. The summed E-state index contributed by atoms with van der Waals surface area (Å²) < 4.78 is 26.6. The van der Waals surface area contributed by atoms with E-state index >= 15 is 0 Å². The smallest absolute Gasteiger partial charge is 0.246 e. The zero-order valence-electron chi connectivity index (χ0n) is 12.2. The average molecular weight is 308 g/mol. The summed E-state index contributed by atoms with van der Waals surface area (Å²) in [4.78, 5) is 0.195. The molecule has 0 amide bonds. The van der Waals surface area contributed by atoms with Gasteiger partial charge in [-0.25, -0.2) is 12.7 Å². The van der Waals surface area contributed by atoms with Crippen molar-refractivity contribution in [2.45, 2.75) is 24.8 Å². The number of sulfonamides is 1. The highest BCUT2D eigenvalue weighted by Crippen LogP contribution is 2.21. The maximum Gasteiger partial charge on any atom is 0.246 e. The first-order chi connectivity index (χ1) is 9.96. The molecular weight excluding hydrogens is 288 g/mol. The summed E-state index contributed by atoms with van der Waals surface area (Å²) in [6, 6.07) is 9.78. The van der Waals surface area contributed by atoms with Crippen LogP contribution in [0, 0.1) is 6.92 Å². The molecular formula is C14H20N4O2S. The predicted molar refractivity (Wildman–Crippen MR) is 81.2 cm³/mol. The number of hydrogen-bond acceptors (Lipinski definition) is 4. The molecule has 21 heavy (non-hydrogen) atoms. The second kappa shape index (κ2) is 6.38. The van der Waals surface area contributed by atoms with E-state index < -0.39 is 10.0 Å². The lowest BCUT2D eigenvalue weighted by Gasteiger charge is -2.17. The maximum absolute atomic E-state index is 12.6. The van der Waals surface area contributed by atoms with Gasteiger partial charge in [-0.3, -0.25) is 5.10 Å². The quantitative estimate of drug-likeness (QED) is 0.834. The molecule has 0 atom stereocenters. The van der Waals surface area contributed by atoms with Gasteiger partial charge in [0, 0.05) is 20.1 Å². The molecule has 2 aromatic rings. The molecule has 0 aliphatic carbocycles. The summed E-state index contributed by atoms with van der Waals surface area (Å²) in [5, 5.41) is 6.63. The van der Waals surface area contributed by atoms with E-state index in [1.165, 1.54) is 4.31 Å². The Balaban J connectivity index is 2.17. The molecule has 6 nitrogen and oxygen atoms in total. The highest BCUT2D eigenvalue weighted by molar-refractivity contribution is 7.89. The molecule has 0 fully saturated rings. The van der Waals surface area contributed by atoms with E-state index in [1.54, 1.807) is 14.0 Å². The molecule has 0 bridgehead atoms. The van der Waals surface area contributed by atoms with Crippen molar-refractivity contribution in [3.05, 3.63) is 47.3 Å². The van der Waals surface area contributed by atoms with Gasteiger partial charge in [-0.05, 0) is 18.9 Å². The monoisotopic (exact) mass is 308 g/mol. The van der Waals surface area contributed by atoms with E-state index in [9.17, 15) is 8.42 Å². The summed E-state index contributed by atoms with van der Waals surface area (Å²) >= 11 is 0. The van der Waals surface area contributed by atoms with Crippen LogP contribution in [-0.2, 0) is 23.0 Å². The van der Waals surface area contributed by atoms with Crippen LogP contribution in [0.1, 0.15) is 17.0 Å². The molecule has 0 radical (unpaired) electrons. The van der Waals surface area contributed by atoms with Gasteiger partial charge in [0.05, 0.1) is 11.4 Å². The van der Waals surface area contributed by atoms with E-state index in [-0.39, 0.29) is 11.4 Å². The third kappa shape index (κ3) is 3.31. The van der Waals surface area contributed by atoms with Crippen molar-refractivity contribution in [3.8, 4) is 0 Å². The zero-order chi connectivity index (χ0) is 15.5. The standard InChI is InChI=1S/C14H20N4O2S/c1-11-14(13(10-15)17-16-11)21(19,20)18(2)9-8-12-6-4-3-5-7-12/h3-7H,8-10,15H2,1-2H3,(H,16,17). The van der Waals surface area contributed by atoms with Gasteiger partial charge >= 0.3 is 0 Å². The van der Waals surface area contributed by atoms with E-state index in [0.717, 1.165) is 5.56 Å². The van der Waals surface area contributed by atoms with Crippen LogP contribution in [0.5, 0.6) is 0 Å². The van der Waals surface area contributed by atoms with Crippen molar-refractivity contribution in [2.24, 2.45) is 5.73 Å². The first-order valence-electron chi connectivity index (χ1n) is 6.71. The van der Waals surface area contributed by atoms with Gasteiger partial charge in [0.1, 0.15) is 4.90 Å². The number of rotatable bonds is 6. The fraction of sp³-hybridized carbons (Fsp3) is 0.357. The first-order valence-corrected chi connectivity index (χ1v) is 8.15. The maximum atomic E-state index is 12.6. The second-order valence-electron chi connectivity index (χ2n) is 4.89. The lowest BCUT2D eigenvalue weighted by atomic mass is 10.2. The number of nitrogens with two attached hydrogens (primary N) is 1. The number of benzene rings is 1. The Labute approximate surface area is 125 Å². The van der Waals surface area contributed by atoms with Crippen LogP contribution in [-0.4, -0.2) is 36.5 Å². The van der Waals surface area contributed by atoms with Crippen molar-refractivity contribution in [1.82, 2.24) is 14.5 Å². The lowest BCUT2D eigenvalue weighted by Crippen LogP contribution is -2.30. The van der Waals surface area contributed by atoms with Gasteiger partial charge in [-0.2, -0.15) is 5.10 Å². The van der Waals surface area contributed by atoms with Gasteiger partial charge in [-0.15, -0.1) is 0 Å². The molecule has 0 unspecified atom stereocenters. The number of aromatic amines is 1. The molecule has 0 saturated carbocycles. The lowest BCUT2D eigenvalue weighted by molar-refractivity contribution is 0.471. The molecule has 0 aliphatic heterocycles. The molecule has 0 saturated heterocycles. The van der Waals surface area contributed by atoms with Crippen LogP contribution in [0.3, 0.4) is 0 Å². The Kier molecular flexibility index (Phi) is 4.76. The van der Waals surface area contributed by atoms with Gasteiger partial charge in [0.25, 0.3) is 0 Å². The first kappa shape index (κ1) is 15.7. The minimum absolute atomic E-state index is 0.0887. The van der Waals surface area contributed by atoms with E-state index in [2.05, 4.69) is 10.2 Å². The van der Waals surface area contributed by atoms with E-state index in [4.69, 9.17) is 5.73 Å². The van der Waals surface area contributed by atoms with Crippen LogP contribution in [0.4, 0.5) is 0 Å². The summed E-state index contributed by atoms with van der Waals surface area (Å²) in [7, 11) is -2.01. The van der Waals surface area contributed by atoms with Crippen LogP contribution >= 0.6 is 0 Å². The molecule has 7 heteroatoms. The number of H-pyrrole nitrogens is 1. The number of likely N-dealkylation sites (N-methyl/N-ethyl adjacent to an activating group) is 1. The number of nitrogens with zero attached hydrogens (tertiary/aromatic N) is 2. The molecule has 0 spiro atoms. The van der Waals surface area contributed by atoms with Crippen LogP contribution in [0.2, 0.25) is 0 Å². The summed E-state index contributed by atoms with van der Waals surface area (Å²) in [5.74, 6) is 0. The summed E-state index contributed by atoms with van der Waals surface area (Å²) in [6.45, 7) is 2.18. The fourth-order valence-electron chi connectivity index (χ4n) is 2.16. The van der Waals surface area contributed by atoms with E-state index in [1.807, 2.05) is 30.3 Å². The number of aryl methyl sites for hydroxylation is 1. The molecule has 2 rings (SSSR count). The van der Waals surface area contributed by atoms with Gasteiger partial charge < -0.3 is 5.73 Å². The summed E-state index contributed by atoms with van der Waals surface area (Å²) in [5.41, 5.74) is 7.55. The fourth-order valence-corrected chi connectivity index (χ4v) is 3.66. The summed E-state index contributed by atoms with van der Waals surface area (Å²) in [6.07, 6.45) is 0.658. The van der Waals surface area contributed by atoms with Gasteiger partial charge in [0.2, 0.25) is 10.0 Å². The highest BCUT2D eigenvalue weighted by atomic mass is 32.2. The van der Waals surface area contributed by atoms with Crippen LogP contribution in [0.15, 0.2) is 35.2 Å². The Morgan fingerprint density at radius 1 is 1.29 bits per heavy atom. The van der Waals surface area contributed by atoms with Crippen LogP contribution < -0.4 is 5.73 Å². The molecule has 0 aliphatic rings. The molecule has 1 heterocycles. The Hall–Kier alpha value is -1.70. The molecule has 1 aromatic heterocycles. The zero-order valence-corrected chi connectivity index (χ0v) is 13.0. The largest absolute Gasteiger partial charge is 0.325 e. The molecule has 3 N–H and O–H groups in total. The number of hydrogen-bond donors (Lipinski definition) is 2. The predicted octanol–water partition coefficient (Wildman–Crippen LogP) is 1.04. The van der Waals surface area contributed by atoms with Crippen molar-refractivity contribution in [3.63, 3.8) is 0 Å². The second-order valence-corrected chi connectivity index (χ2v) is 6.87. The minimum atomic E-state index is -3.58. The van der Waals surface area contributed by atoms with E-state index in [0.29, 0.717) is 24.4 Å². The minimum Gasteiger partial charge on any atom is -0.325 e. The SMILES string of the molecule is Cc1[nH]nc(CN)c1S(=O)(=O)N(C)CCc1ccccc1. The highest BCUT2D eigenvalue weighted by Gasteiger charge is 2.27. The van der Waals surface area contributed by atoms with Crippen LogP contribution in [0.25, 0.3) is 0 Å². The van der Waals surface area contributed by atoms with Crippen molar-refractivity contribution in [2.75, 3.05) is 13.6 Å². The molecule has 1 aromatic carbocycles. The Morgan fingerprint density at radius 3 is 2.57 bits per heavy atom. The van der Waals surface area contributed by atoms with Gasteiger partial charge in [0.15, 0.2) is 0 Å². The van der Waals surface area contributed by atoms with Crippen molar-refractivity contribution in [1.29, 1.82) is 0 Å². The normalized spacial score (nSPS) is 12.0. The third-order valence-corrected chi connectivity index (χ3v) is 5.44. The van der Waals surface area contributed by atoms with Crippen molar-refractivity contribution >= 4 is 10.0 Å². The Morgan fingerprint density at radius 2 is 1.95 bits per heavy atom. The topological polar surface area (TPSA) is 92.1 Å². The Bertz CT molecular complexity index is 695. The van der Waals surface area contributed by atoms with Gasteiger partial charge in [-0.1, -0.05) is 30.3 Å². The van der Waals surface area contributed by atoms with Crippen molar-refractivity contribution < 1.29 is 8.42 Å². The molecule has 114 valence electrons. The third-order valence-electron chi connectivity index (χ3n) is 3.38.